The molecule has 0 aliphatic carbocycles. The van der Waals surface area contributed by atoms with Gasteiger partial charge in [0.1, 0.15) is 11.6 Å². The lowest BCUT2D eigenvalue weighted by molar-refractivity contribution is -0.153. The standard InChI is InChI=1S/C15H20N2O3S/c1-15(2)14(19)17(9-10-21(3)20)12(13(18)16-15)11-7-5-4-6-8-11/h4-8,12H,9-10H2,1-3H3,(H,16,18). The number of hydrogen-bond donors (Lipinski definition) is 1. The van der Waals surface area contributed by atoms with Gasteiger partial charge in [-0.25, -0.2) is 0 Å². The zero-order valence-corrected chi connectivity index (χ0v) is 13.3. The Morgan fingerprint density at radius 2 is 1.86 bits per heavy atom. The van der Waals surface area contributed by atoms with E-state index in [2.05, 4.69) is 5.32 Å². The van der Waals surface area contributed by atoms with Crippen LogP contribution in [0.2, 0.25) is 0 Å². The number of amides is 2. The van der Waals surface area contributed by atoms with E-state index in [1.807, 2.05) is 30.3 Å². The molecule has 6 heteroatoms. The van der Waals surface area contributed by atoms with E-state index in [0.717, 1.165) is 5.56 Å². The Morgan fingerprint density at radius 1 is 1.24 bits per heavy atom. The minimum absolute atomic E-state index is 0.151. The van der Waals surface area contributed by atoms with Crippen LogP contribution in [-0.4, -0.2) is 45.0 Å². The molecule has 2 unspecified atom stereocenters. The lowest BCUT2D eigenvalue weighted by Crippen LogP contribution is -2.65. The number of nitrogens with one attached hydrogen (secondary N) is 1. The molecule has 1 aliphatic heterocycles. The molecule has 2 rings (SSSR count). The summed E-state index contributed by atoms with van der Waals surface area (Å²) in [5.74, 6) is 0.00686. The molecule has 1 heterocycles. The fourth-order valence-electron chi connectivity index (χ4n) is 2.47. The number of carbonyl (C=O) groups excluding carboxylic acids is 2. The van der Waals surface area contributed by atoms with E-state index in [0.29, 0.717) is 12.3 Å². The molecule has 0 bridgehead atoms. The summed E-state index contributed by atoms with van der Waals surface area (Å²) in [4.78, 5) is 26.6. The Bertz CT molecular complexity index is 572. The number of hydrogen-bond acceptors (Lipinski definition) is 3. The lowest BCUT2D eigenvalue weighted by atomic mass is 9.93. The number of piperazine rings is 1. The van der Waals surface area contributed by atoms with Crippen molar-refractivity contribution in [3.63, 3.8) is 0 Å². The van der Waals surface area contributed by atoms with Crippen molar-refractivity contribution in [2.45, 2.75) is 25.4 Å². The van der Waals surface area contributed by atoms with Crippen LogP contribution in [0.25, 0.3) is 0 Å². The third-order valence-electron chi connectivity index (χ3n) is 3.53. The predicted octanol–water partition coefficient (Wildman–Crippen LogP) is 0.843. The first-order valence-corrected chi connectivity index (χ1v) is 8.54. The fourth-order valence-corrected chi connectivity index (χ4v) is 2.93. The highest BCUT2D eigenvalue weighted by atomic mass is 32.2. The van der Waals surface area contributed by atoms with Gasteiger partial charge in [-0.05, 0) is 19.4 Å². The average molecular weight is 308 g/mol. The van der Waals surface area contributed by atoms with E-state index < -0.39 is 22.4 Å². The molecule has 1 aliphatic rings. The van der Waals surface area contributed by atoms with E-state index in [1.54, 1.807) is 20.1 Å². The van der Waals surface area contributed by atoms with E-state index in [4.69, 9.17) is 0 Å². The maximum absolute atomic E-state index is 12.6. The van der Waals surface area contributed by atoms with Crippen molar-refractivity contribution in [3.05, 3.63) is 35.9 Å². The second kappa shape index (κ2) is 5.97. The minimum atomic E-state index is -1.02. The van der Waals surface area contributed by atoms with Crippen LogP contribution in [0, 0.1) is 0 Å². The Hall–Kier alpha value is -1.69. The average Bonchev–Trinajstić information content (AvgIpc) is 2.41. The summed E-state index contributed by atoms with van der Waals surface area (Å²) in [6, 6.07) is 8.53. The molecule has 0 aromatic heterocycles. The molecule has 2 atom stereocenters. The minimum Gasteiger partial charge on any atom is -0.340 e. The van der Waals surface area contributed by atoms with Gasteiger partial charge < -0.3 is 10.2 Å². The maximum Gasteiger partial charge on any atom is 0.248 e. The van der Waals surface area contributed by atoms with Crippen LogP contribution in [0.1, 0.15) is 25.5 Å². The van der Waals surface area contributed by atoms with E-state index >= 15 is 0 Å². The Labute approximate surface area is 127 Å². The molecule has 5 nitrogen and oxygen atoms in total. The third kappa shape index (κ3) is 3.32. The van der Waals surface area contributed by atoms with Gasteiger partial charge in [0.25, 0.3) is 0 Å². The Balaban J connectivity index is 2.36. The van der Waals surface area contributed by atoms with Gasteiger partial charge in [-0.2, -0.15) is 0 Å². The van der Waals surface area contributed by atoms with Gasteiger partial charge in [0.2, 0.25) is 11.8 Å². The van der Waals surface area contributed by atoms with Crippen molar-refractivity contribution in [2.75, 3.05) is 18.6 Å². The molecular weight excluding hydrogens is 288 g/mol. The van der Waals surface area contributed by atoms with Gasteiger partial charge in [0, 0.05) is 29.4 Å². The molecule has 1 aromatic rings. The van der Waals surface area contributed by atoms with Crippen molar-refractivity contribution >= 4 is 22.6 Å². The normalized spacial score (nSPS) is 22.8. The lowest BCUT2D eigenvalue weighted by Gasteiger charge is -2.42. The summed E-state index contributed by atoms with van der Waals surface area (Å²) in [7, 11) is -1.02. The van der Waals surface area contributed by atoms with Crippen LogP contribution < -0.4 is 5.32 Å². The molecule has 114 valence electrons. The highest BCUT2D eigenvalue weighted by molar-refractivity contribution is 7.84. The second-order valence-corrected chi connectivity index (χ2v) is 7.26. The number of nitrogens with zero attached hydrogens (tertiary/aromatic N) is 1. The first kappa shape index (κ1) is 15.7. The van der Waals surface area contributed by atoms with Crippen LogP contribution >= 0.6 is 0 Å². The molecule has 0 radical (unpaired) electrons. The zero-order chi connectivity index (χ0) is 15.6. The summed E-state index contributed by atoms with van der Waals surface area (Å²) >= 11 is 0. The molecule has 1 saturated heterocycles. The number of benzene rings is 1. The van der Waals surface area contributed by atoms with E-state index in [-0.39, 0.29) is 11.8 Å². The van der Waals surface area contributed by atoms with E-state index in [9.17, 15) is 13.8 Å². The van der Waals surface area contributed by atoms with E-state index in [1.165, 1.54) is 4.90 Å². The molecule has 0 saturated carbocycles. The van der Waals surface area contributed by atoms with Gasteiger partial charge in [-0.3, -0.25) is 13.8 Å². The SMILES string of the molecule is CS(=O)CCN1C(=O)C(C)(C)NC(=O)C1c1ccccc1. The maximum atomic E-state index is 12.6. The molecule has 21 heavy (non-hydrogen) atoms. The smallest absolute Gasteiger partial charge is 0.248 e. The van der Waals surface area contributed by atoms with Crippen molar-refractivity contribution in [3.8, 4) is 0 Å². The summed E-state index contributed by atoms with van der Waals surface area (Å²) < 4.78 is 11.4. The monoisotopic (exact) mass is 308 g/mol. The molecule has 1 N–H and O–H groups in total. The van der Waals surface area contributed by atoms with Crippen molar-refractivity contribution < 1.29 is 13.8 Å². The molecule has 0 spiro atoms. The quantitative estimate of drug-likeness (QED) is 0.896. The van der Waals surface area contributed by atoms with Gasteiger partial charge in [0.05, 0.1) is 0 Å². The fraction of sp³-hybridized carbons (Fsp3) is 0.467. The van der Waals surface area contributed by atoms with Crippen LogP contribution in [0.4, 0.5) is 0 Å². The largest absolute Gasteiger partial charge is 0.340 e. The molecular formula is C15H20N2O3S. The molecule has 2 amide bonds. The van der Waals surface area contributed by atoms with Crippen LogP contribution in [0.5, 0.6) is 0 Å². The van der Waals surface area contributed by atoms with Crippen LogP contribution in [0.3, 0.4) is 0 Å². The highest BCUT2D eigenvalue weighted by Gasteiger charge is 2.45. The topological polar surface area (TPSA) is 66.5 Å². The van der Waals surface area contributed by atoms with Crippen molar-refractivity contribution in [1.29, 1.82) is 0 Å². The first-order chi connectivity index (χ1) is 9.83. The van der Waals surface area contributed by atoms with Gasteiger partial charge >= 0.3 is 0 Å². The summed E-state index contributed by atoms with van der Waals surface area (Å²) in [6.07, 6.45) is 1.59. The number of rotatable bonds is 4. The zero-order valence-electron chi connectivity index (χ0n) is 12.5. The van der Waals surface area contributed by atoms with Gasteiger partial charge in [-0.15, -0.1) is 0 Å². The van der Waals surface area contributed by atoms with Crippen LogP contribution in [-0.2, 0) is 20.4 Å². The first-order valence-electron chi connectivity index (χ1n) is 6.81. The third-order valence-corrected chi connectivity index (χ3v) is 4.28. The Morgan fingerprint density at radius 3 is 2.43 bits per heavy atom. The van der Waals surface area contributed by atoms with Gasteiger partial charge in [0.15, 0.2) is 0 Å². The summed E-state index contributed by atoms with van der Waals surface area (Å²) in [5.41, 5.74) is -0.168. The Kier molecular flexibility index (Phi) is 4.46. The summed E-state index contributed by atoms with van der Waals surface area (Å²) in [5, 5.41) is 2.77. The predicted molar refractivity (Wildman–Crippen MR) is 82.1 cm³/mol. The van der Waals surface area contributed by atoms with Gasteiger partial charge in [-0.1, -0.05) is 30.3 Å². The number of carbonyl (C=O) groups is 2. The van der Waals surface area contributed by atoms with Crippen molar-refractivity contribution in [1.82, 2.24) is 10.2 Å². The summed E-state index contributed by atoms with van der Waals surface area (Å²) in [6.45, 7) is 3.67. The highest BCUT2D eigenvalue weighted by Crippen LogP contribution is 2.28. The molecule has 1 aromatic carbocycles. The second-order valence-electron chi connectivity index (χ2n) is 5.70. The van der Waals surface area contributed by atoms with Crippen LogP contribution in [0.15, 0.2) is 30.3 Å². The van der Waals surface area contributed by atoms with Crippen molar-refractivity contribution in [2.24, 2.45) is 0 Å². The molecule has 1 fully saturated rings.